The van der Waals surface area contributed by atoms with Crippen molar-refractivity contribution in [2.45, 2.75) is 32.9 Å². The van der Waals surface area contributed by atoms with Crippen molar-refractivity contribution in [2.75, 3.05) is 13.6 Å². The minimum atomic E-state index is -2.99. The van der Waals surface area contributed by atoms with Crippen LogP contribution in [0.5, 0.6) is 5.75 Å². The number of unbranched alkanes of at least 4 members (excludes halogenated alkanes) is 1. The average Bonchev–Trinajstić information content (AvgIpc) is 2.44. The Kier molecular flexibility index (Phi) is 7.42. The number of rotatable bonds is 7. The monoisotopic (exact) mass is 303 g/mol. The molecular weight excluding hydrogens is 283 g/mol. The molecule has 0 saturated heterocycles. The van der Waals surface area contributed by atoms with Crippen molar-refractivity contribution in [1.29, 1.82) is 0 Å². The zero-order chi connectivity index (χ0) is 15.7. The van der Waals surface area contributed by atoms with E-state index in [9.17, 15) is 13.2 Å². The van der Waals surface area contributed by atoms with Gasteiger partial charge < -0.3 is 15.4 Å². The largest absolute Gasteiger partial charge is 0.434 e. The maximum absolute atomic E-state index is 13.7. The third-order valence-corrected chi connectivity index (χ3v) is 2.77. The Morgan fingerprint density at radius 1 is 1.33 bits per heavy atom. The third kappa shape index (κ3) is 5.93. The van der Waals surface area contributed by atoms with E-state index in [0.717, 1.165) is 19.4 Å². The van der Waals surface area contributed by atoms with Crippen LogP contribution >= 0.6 is 0 Å². The molecule has 0 atom stereocenters. The Morgan fingerprint density at radius 2 is 2.10 bits per heavy atom. The van der Waals surface area contributed by atoms with Gasteiger partial charge in [-0.05, 0) is 18.6 Å². The van der Waals surface area contributed by atoms with Crippen molar-refractivity contribution in [2.24, 2.45) is 4.99 Å². The predicted octanol–water partition coefficient (Wildman–Crippen LogP) is 2.89. The van der Waals surface area contributed by atoms with E-state index in [1.165, 1.54) is 18.2 Å². The lowest BCUT2D eigenvalue weighted by atomic mass is 10.2. The molecule has 0 unspecified atom stereocenters. The molecule has 0 spiro atoms. The number of guanidine groups is 1. The Labute approximate surface area is 122 Å². The summed E-state index contributed by atoms with van der Waals surface area (Å²) >= 11 is 0. The maximum atomic E-state index is 13.7. The van der Waals surface area contributed by atoms with Gasteiger partial charge in [0, 0.05) is 25.7 Å². The molecule has 21 heavy (non-hydrogen) atoms. The highest BCUT2D eigenvalue weighted by atomic mass is 19.3. The summed E-state index contributed by atoms with van der Waals surface area (Å²) in [6.45, 7) is -0.202. The fourth-order valence-corrected chi connectivity index (χ4v) is 1.69. The highest BCUT2D eigenvalue weighted by Gasteiger charge is 2.13. The molecule has 0 aliphatic carbocycles. The molecule has 0 bridgehead atoms. The highest BCUT2D eigenvalue weighted by Crippen LogP contribution is 2.23. The number of nitrogens with one attached hydrogen (secondary N) is 2. The smallest absolute Gasteiger partial charge is 0.387 e. The van der Waals surface area contributed by atoms with Crippen molar-refractivity contribution < 1.29 is 17.9 Å². The molecule has 0 saturated carbocycles. The van der Waals surface area contributed by atoms with E-state index in [-0.39, 0.29) is 17.9 Å². The number of alkyl halides is 2. The lowest BCUT2D eigenvalue weighted by Crippen LogP contribution is -2.37. The van der Waals surface area contributed by atoms with Crippen LogP contribution in [0.4, 0.5) is 13.2 Å². The highest BCUT2D eigenvalue weighted by molar-refractivity contribution is 5.79. The molecule has 0 aromatic heterocycles. The molecule has 2 N–H and O–H groups in total. The van der Waals surface area contributed by atoms with Crippen molar-refractivity contribution in [3.8, 4) is 5.75 Å². The second kappa shape index (κ2) is 9.10. The third-order valence-electron chi connectivity index (χ3n) is 2.77. The van der Waals surface area contributed by atoms with Crippen LogP contribution in [-0.2, 0) is 6.54 Å². The normalized spacial score (nSPS) is 11.6. The molecule has 1 aromatic rings. The van der Waals surface area contributed by atoms with Gasteiger partial charge in [0.25, 0.3) is 0 Å². The van der Waals surface area contributed by atoms with E-state index in [1.54, 1.807) is 7.05 Å². The van der Waals surface area contributed by atoms with Crippen LogP contribution in [0, 0.1) is 5.82 Å². The molecule has 0 heterocycles. The standard InChI is InChI=1S/C14H20F3N3O/c1-3-4-8-19-14(18-2)20-9-10-11(15)6-5-7-12(10)21-13(16)17/h5-7,13H,3-4,8-9H2,1-2H3,(H2,18,19,20). The second-order valence-corrected chi connectivity index (χ2v) is 4.30. The molecule has 0 aliphatic heterocycles. The average molecular weight is 303 g/mol. The van der Waals surface area contributed by atoms with Gasteiger partial charge in [-0.3, -0.25) is 4.99 Å². The minimum Gasteiger partial charge on any atom is -0.434 e. The second-order valence-electron chi connectivity index (χ2n) is 4.30. The van der Waals surface area contributed by atoms with E-state index < -0.39 is 12.4 Å². The van der Waals surface area contributed by atoms with Gasteiger partial charge in [-0.15, -0.1) is 0 Å². The number of halogens is 3. The maximum Gasteiger partial charge on any atom is 0.387 e. The fraction of sp³-hybridized carbons (Fsp3) is 0.500. The Bertz CT molecular complexity index is 467. The number of hydrogen-bond donors (Lipinski definition) is 2. The Hall–Kier alpha value is -1.92. The van der Waals surface area contributed by atoms with E-state index in [4.69, 9.17) is 0 Å². The summed E-state index contributed by atoms with van der Waals surface area (Å²) in [4.78, 5) is 3.98. The first-order valence-electron chi connectivity index (χ1n) is 6.75. The topological polar surface area (TPSA) is 45.7 Å². The number of aliphatic imine (C=N–C) groups is 1. The first kappa shape index (κ1) is 17.1. The van der Waals surface area contributed by atoms with Crippen LogP contribution in [0.2, 0.25) is 0 Å². The van der Waals surface area contributed by atoms with Crippen molar-refractivity contribution in [1.82, 2.24) is 10.6 Å². The van der Waals surface area contributed by atoms with Gasteiger partial charge in [-0.1, -0.05) is 19.4 Å². The lowest BCUT2D eigenvalue weighted by Gasteiger charge is -2.15. The minimum absolute atomic E-state index is 0.000521. The number of ether oxygens (including phenoxy) is 1. The van der Waals surface area contributed by atoms with Crippen LogP contribution in [0.15, 0.2) is 23.2 Å². The molecule has 0 amide bonds. The molecule has 7 heteroatoms. The summed E-state index contributed by atoms with van der Waals surface area (Å²) in [6, 6.07) is 3.83. The molecule has 4 nitrogen and oxygen atoms in total. The van der Waals surface area contributed by atoms with Crippen LogP contribution in [0.1, 0.15) is 25.3 Å². The molecule has 0 aliphatic rings. The van der Waals surface area contributed by atoms with Crippen molar-refractivity contribution in [3.63, 3.8) is 0 Å². The summed E-state index contributed by atoms with van der Waals surface area (Å²) in [5, 5.41) is 5.92. The summed E-state index contributed by atoms with van der Waals surface area (Å²) < 4.78 is 42.7. The molecule has 0 radical (unpaired) electrons. The van der Waals surface area contributed by atoms with Gasteiger partial charge >= 0.3 is 6.61 Å². The van der Waals surface area contributed by atoms with Crippen LogP contribution in [0.25, 0.3) is 0 Å². The van der Waals surface area contributed by atoms with Gasteiger partial charge in [0.05, 0.1) is 0 Å². The number of hydrogen-bond acceptors (Lipinski definition) is 2. The molecule has 0 fully saturated rings. The van der Waals surface area contributed by atoms with Crippen molar-refractivity contribution >= 4 is 5.96 Å². The Balaban J connectivity index is 2.69. The van der Waals surface area contributed by atoms with Crippen LogP contribution < -0.4 is 15.4 Å². The van der Waals surface area contributed by atoms with Gasteiger partial charge in [-0.2, -0.15) is 8.78 Å². The lowest BCUT2D eigenvalue weighted by molar-refractivity contribution is -0.0506. The first-order chi connectivity index (χ1) is 10.1. The van der Waals surface area contributed by atoms with E-state index in [2.05, 4.69) is 27.3 Å². The number of benzene rings is 1. The van der Waals surface area contributed by atoms with Crippen molar-refractivity contribution in [3.05, 3.63) is 29.6 Å². The summed E-state index contributed by atoms with van der Waals surface area (Å²) in [5.74, 6) is -0.305. The molecule has 1 rings (SSSR count). The summed E-state index contributed by atoms with van der Waals surface area (Å²) in [6.07, 6.45) is 2.00. The SMILES string of the molecule is CCCCNC(=NC)NCc1c(F)cccc1OC(F)F. The van der Waals surface area contributed by atoms with Gasteiger partial charge in [-0.25, -0.2) is 4.39 Å². The predicted molar refractivity (Wildman–Crippen MR) is 76.1 cm³/mol. The zero-order valence-electron chi connectivity index (χ0n) is 12.1. The first-order valence-corrected chi connectivity index (χ1v) is 6.75. The quantitative estimate of drug-likeness (QED) is 0.462. The van der Waals surface area contributed by atoms with Crippen LogP contribution in [-0.4, -0.2) is 26.2 Å². The van der Waals surface area contributed by atoms with Gasteiger partial charge in [0.2, 0.25) is 0 Å². The van der Waals surface area contributed by atoms with Gasteiger partial charge in [0.15, 0.2) is 5.96 Å². The molecule has 1 aromatic carbocycles. The van der Waals surface area contributed by atoms with E-state index in [1.807, 2.05) is 0 Å². The molecular formula is C14H20F3N3O. The number of nitrogens with zero attached hydrogens (tertiary/aromatic N) is 1. The Morgan fingerprint density at radius 3 is 2.71 bits per heavy atom. The van der Waals surface area contributed by atoms with Gasteiger partial charge in [0.1, 0.15) is 11.6 Å². The zero-order valence-corrected chi connectivity index (χ0v) is 12.1. The van der Waals surface area contributed by atoms with Crippen LogP contribution in [0.3, 0.4) is 0 Å². The summed E-state index contributed by atoms with van der Waals surface area (Å²) in [7, 11) is 1.58. The fourth-order valence-electron chi connectivity index (χ4n) is 1.69. The molecule has 118 valence electrons. The van der Waals surface area contributed by atoms with E-state index >= 15 is 0 Å². The van der Waals surface area contributed by atoms with E-state index in [0.29, 0.717) is 5.96 Å². The summed E-state index contributed by atoms with van der Waals surface area (Å²) in [5.41, 5.74) is 0.0382.